The van der Waals surface area contributed by atoms with Gasteiger partial charge < -0.3 is 24.4 Å². The number of anilines is 1. The summed E-state index contributed by atoms with van der Waals surface area (Å²) in [5.41, 5.74) is 0.301. The molecule has 3 aliphatic heterocycles. The molecule has 0 aromatic heterocycles. The van der Waals surface area contributed by atoms with Crippen LogP contribution in [0.15, 0.2) is 18.2 Å². The maximum absolute atomic E-state index is 12.7. The highest BCUT2D eigenvalue weighted by molar-refractivity contribution is 5.93. The largest absolute Gasteiger partial charge is 0.454 e. The molecule has 1 aromatic rings. The average Bonchev–Trinajstić information content (AvgIpc) is 3.30. The number of piperidine rings is 1. The fraction of sp³-hybridized carbons (Fsp3) is 0.579. The SMILES string of the molecule is CC1(C(=O)N2CCC(C(=O)Nc3ccc4c(c3)OCO4)CC2)CCOC1. The molecule has 3 aliphatic rings. The van der Waals surface area contributed by atoms with E-state index in [4.69, 9.17) is 14.2 Å². The van der Waals surface area contributed by atoms with E-state index in [2.05, 4.69) is 5.32 Å². The van der Waals surface area contributed by atoms with Crippen LogP contribution in [0.4, 0.5) is 5.69 Å². The molecule has 3 heterocycles. The molecule has 2 saturated heterocycles. The standard InChI is InChI=1S/C19H24N2O5/c1-19(6-9-24-11-19)18(23)21-7-4-13(5-8-21)17(22)20-14-2-3-15-16(10-14)26-12-25-15/h2-3,10,13H,4-9,11-12H2,1H3,(H,20,22). The van der Waals surface area contributed by atoms with Crippen LogP contribution < -0.4 is 14.8 Å². The summed E-state index contributed by atoms with van der Waals surface area (Å²) in [4.78, 5) is 27.2. The summed E-state index contributed by atoms with van der Waals surface area (Å²) in [6, 6.07) is 5.38. The molecule has 0 radical (unpaired) electrons. The number of benzene rings is 1. The second kappa shape index (κ2) is 6.79. The highest BCUT2D eigenvalue weighted by Gasteiger charge is 2.41. The van der Waals surface area contributed by atoms with Gasteiger partial charge in [-0.3, -0.25) is 9.59 Å². The Morgan fingerprint density at radius 3 is 2.69 bits per heavy atom. The van der Waals surface area contributed by atoms with E-state index in [0.29, 0.717) is 56.3 Å². The van der Waals surface area contributed by atoms with Crippen LogP contribution in [0.25, 0.3) is 0 Å². The zero-order chi connectivity index (χ0) is 18.1. The predicted octanol–water partition coefficient (Wildman–Crippen LogP) is 2.02. The number of rotatable bonds is 3. The van der Waals surface area contributed by atoms with Gasteiger partial charge in [-0.15, -0.1) is 0 Å². The summed E-state index contributed by atoms with van der Waals surface area (Å²) in [6.45, 7) is 4.57. The van der Waals surface area contributed by atoms with Gasteiger partial charge in [-0.25, -0.2) is 0 Å². The number of ether oxygens (including phenoxy) is 3. The van der Waals surface area contributed by atoms with Crippen molar-refractivity contribution in [3.8, 4) is 11.5 Å². The number of fused-ring (bicyclic) bond motifs is 1. The minimum absolute atomic E-state index is 0.00799. The lowest BCUT2D eigenvalue weighted by atomic mass is 9.86. The molecule has 2 fully saturated rings. The first-order valence-electron chi connectivity index (χ1n) is 9.13. The molecule has 4 rings (SSSR count). The minimum Gasteiger partial charge on any atom is -0.454 e. The van der Waals surface area contributed by atoms with Gasteiger partial charge in [0.05, 0.1) is 12.0 Å². The van der Waals surface area contributed by atoms with Gasteiger partial charge in [-0.05, 0) is 38.3 Å². The Hall–Kier alpha value is -2.28. The molecule has 7 heteroatoms. The van der Waals surface area contributed by atoms with Gasteiger partial charge >= 0.3 is 0 Å². The van der Waals surface area contributed by atoms with Crippen molar-refractivity contribution in [1.82, 2.24) is 4.90 Å². The van der Waals surface area contributed by atoms with E-state index in [1.165, 1.54) is 0 Å². The summed E-state index contributed by atoms with van der Waals surface area (Å²) in [5, 5.41) is 2.95. The van der Waals surface area contributed by atoms with Crippen LogP contribution in [0.5, 0.6) is 11.5 Å². The number of likely N-dealkylation sites (tertiary alicyclic amines) is 1. The Bertz CT molecular complexity index is 706. The topological polar surface area (TPSA) is 77.1 Å². The van der Waals surface area contributed by atoms with Crippen molar-refractivity contribution in [3.63, 3.8) is 0 Å². The van der Waals surface area contributed by atoms with Crippen molar-refractivity contribution in [2.24, 2.45) is 11.3 Å². The van der Waals surface area contributed by atoms with Crippen LogP contribution in [0.3, 0.4) is 0 Å². The van der Waals surface area contributed by atoms with E-state index in [1.54, 1.807) is 12.1 Å². The third-order valence-electron chi connectivity index (χ3n) is 5.53. The molecule has 0 spiro atoms. The number of nitrogens with zero attached hydrogens (tertiary/aromatic N) is 1. The smallest absolute Gasteiger partial charge is 0.231 e. The summed E-state index contributed by atoms with van der Waals surface area (Å²) < 4.78 is 16.0. The number of carbonyl (C=O) groups is 2. The molecule has 1 unspecified atom stereocenters. The highest BCUT2D eigenvalue weighted by Crippen LogP contribution is 2.35. The first-order chi connectivity index (χ1) is 12.5. The molecule has 140 valence electrons. The van der Waals surface area contributed by atoms with Gasteiger partial charge in [0.15, 0.2) is 11.5 Å². The van der Waals surface area contributed by atoms with Crippen LogP contribution in [0.1, 0.15) is 26.2 Å². The zero-order valence-electron chi connectivity index (χ0n) is 15.0. The number of carbonyl (C=O) groups excluding carboxylic acids is 2. The van der Waals surface area contributed by atoms with E-state index >= 15 is 0 Å². The second-order valence-electron chi connectivity index (χ2n) is 7.49. The Balaban J connectivity index is 1.31. The van der Waals surface area contributed by atoms with Gasteiger partial charge in [-0.1, -0.05) is 0 Å². The van der Waals surface area contributed by atoms with E-state index in [-0.39, 0.29) is 24.5 Å². The minimum atomic E-state index is -0.401. The Kier molecular flexibility index (Phi) is 4.48. The summed E-state index contributed by atoms with van der Waals surface area (Å²) in [5.74, 6) is 1.41. The molecular weight excluding hydrogens is 336 g/mol. The lowest BCUT2D eigenvalue weighted by Crippen LogP contribution is -2.47. The van der Waals surface area contributed by atoms with Crippen LogP contribution in [-0.4, -0.2) is 49.8 Å². The van der Waals surface area contributed by atoms with Crippen molar-refractivity contribution in [3.05, 3.63) is 18.2 Å². The second-order valence-corrected chi connectivity index (χ2v) is 7.49. The first kappa shape index (κ1) is 17.1. The Morgan fingerprint density at radius 2 is 1.96 bits per heavy atom. The molecule has 26 heavy (non-hydrogen) atoms. The summed E-state index contributed by atoms with van der Waals surface area (Å²) >= 11 is 0. The quantitative estimate of drug-likeness (QED) is 0.892. The van der Waals surface area contributed by atoms with Crippen molar-refractivity contribution < 1.29 is 23.8 Å². The first-order valence-corrected chi connectivity index (χ1v) is 9.13. The van der Waals surface area contributed by atoms with Crippen molar-refractivity contribution in [2.45, 2.75) is 26.2 Å². The van der Waals surface area contributed by atoms with Crippen molar-refractivity contribution in [2.75, 3.05) is 38.4 Å². The molecular formula is C19H24N2O5. The number of hydrogen-bond donors (Lipinski definition) is 1. The molecule has 0 aliphatic carbocycles. The maximum Gasteiger partial charge on any atom is 0.231 e. The normalized spacial score (nSPS) is 25.3. The van der Waals surface area contributed by atoms with E-state index < -0.39 is 5.41 Å². The van der Waals surface area contributed by atoms with E-state index in [9.17, 15) is 9.59 Å². The predicted molar refractivity (Wildman–Crippen MR) is 94.0 cm³/mol. The molecule has 7 nitrogen and oxygen atoms in total. The van der Waals surface area contributed by atoms with Gasteiger partial charge in [-0.2, -0.15) is 0 Å². The third kappa shape index (κ3) is 3.23. The van der Waals surface area contributed by atoms with Gasteiger partial charge in [0.25, 0.3) is 0 Å². The Labute approximate surface area is 152 Å². The molecule has 0 saturated carbocycles. The maximum atomic E-state index is 12.7. The van der Waals surface area contributed by atoms with Gasteiger partial charge in [0.2, 0.25) is 18.6 Å². The number of amides is 2. The molecule has 1 aromatic carbocycles. The fourth-order valence-corrected chi connectivity index (χ4v) is 3.78. The summed E-state index contributed by atoms with van der Waals surface area (Å²) in [6.07, 6.45) is 2.13. The summed E-state index contributed by atoms with van der Waals surface area (Å²) in [7, 11) is 0. The van der Waals surface area contributed by atoms with E-state index in [0.717, 1.165) is 6.42 Å². The third-order valence-corrected chi connectivity index (χ3v) is 5.53. The number of hydrogen-bond acceptors (Lipinski definition) is 5. The molecule has 2 amide bonds. The molecule has 0 bridgehead atoms. The Morgan fingerprint density at radius 1 is 1.19 bits per heavy atom. The molecule has 1 N–H and O–H groups in total. The lowest BCUT2D eigenvalue weighted by molar-refractivity contribution is -0.143. The zero-order valence-corrected chi connectivity index (χ0v) is 15.0. The average molecular weight is 360 g/mol. The monoisotopic (exact) mass is 360 g/mol. The van der Waals surface area contributed by atoms with Crippen LogP contribution in [0, 0.1) is 11.3 Å². The highest BCUT2D eigenvalue weighted by atomic mass is 16.7. The van der Waals surface area contributed by atoms with E-state index in [1.807, 2.05) is 17.9 Å². The lowest BCUT2D eigenvalue weighted by Gasteiger charge is -2.36. The van der Waals surface area contributed by atoms with Crippen LogP contribution in [0.2, 0.25) is 0 Å². The van der Waals surface area contributed by atoms with Crippen molar-refractivity contribution >= 4 is 17.5 Å². The fourth-order valence-electron chi connectivity index (χ4n) is 3.78. The molecule has 1 atom stereocenters. The van der Waals surface area contributed by atoms with Crippen LogP contribution >= 0.6 is 0 Å². The van der Waals surface area contributed by atoms with Crippen molar-refractivity contribution in [1.29, 1.82) is 0 Å². The van der Waals surface area contributed by atoms with Gasteiger partial charge in [0.1, 0.15) is 0 Å². The number of nitrogens with one attached hydrogen (secondary N) is 1. The van der Waals surface area contributed by atoms with Crippen LogP contribution in [-0.2, 0) is 14.3 Å². The van der Waals surface area contributed by atoms with Gasteiger partial charge in [0, 0.05) is 37.4 Å².